The van der Waals surface area contributed by atoms with Crippen molar-refractivity contribution in [2.24, 2.45) is 0 Å². The summed E-state index contributed by atoms with van der Waals surface area (Å²) in [5.74, 6) is -0.119. The van der Waals surface area contributed by atoms with Crippen molar-refractivity contribution in [3.05, 3.63) is 51.9 Å². The standard InChI is InChI=1S/C14H11BrN2O5S3/c1-9-12(15)13(22-16-9)17-25(20,21)11-7-8-23-14(11)24(18,19)10-5-3-2-4-6-10/h2-8,17H,1H3. The van der Waals surface area contributed by atoms with Crippen LogP contribution in [0.25, 0.3) is 0 Å². The van der Waals surface area contributed by atoms with E-state index < -0.39 is 19.9 Å². The summed E-state index contributed by atoms with van der Waals surface area (Å²) in [6.07, 6.45) is 0. The van der Waals surface area contributed by atoms with Crippen LogP contribution in [-0.2, 0) is 19.9 Å². The Bertz CT molecular complexity index is 1120. The van der Waals surface area contributed by atoms with Crippen LogP contribution in [0, 0.1) is 6.92 Å². The van der Waals surface area contributed by atoms with Gasteiger partial charge >= 0.3 is 0 Å². The van der Waals surface area contributed by atoms with Gasteiger partial charge in [-0.1, -0.05) is 23.4 Å². The first-order valence-corrected chi connectivity index (χ1v) is 11.4. The lowest BCUT2D eigenvalue weighted by Gasteiger charge is -2.08. The van der Waals surface area contributed by atoms with Gasteiger partial charge in [-0.15, -0.1) is 11.3 Å². The van der Waals surface area contributed by atoms with Crippen LogP contribution in [0.15, 0.2) is 64.8 Å². The molecule has 2 heterocycles. The molecule has 0 saturated heterocycles. The van der Waals surface area contributed by atoms with E-state index in [0.29, 0.717) is 10.2 Å². The van der Waals surface area contributed by atoms with Crippen LogP contribution >= 0.6 is 27.3 Å². The predicted molar refractivity (Wildman–Crippen MR) is 96.0 cm³/mol. The molecule has 0 aliphatic carbocycles. The molecule has 0 fully saturated rings. The van der Waals surface area contributed by atoms with E-state index >= 15 is 0 Å². The number of sulfone groups is 1. The molecule has 1 N–H and O–H groups in total. The highest BCUT2D eigenvalue weighted by Gasteiger charge is 2.31. The van der Waals surface area contributed by atoms with Gasteiger partial charge in [-0.25, -0.2) is 21.6 Å². The van der Waals surface area contributed by atoms with Crippen molar-refractivity contribution in [1.82, 2.24) is 5.16 Å². The largest absolute Gasteiger partial charge is 0.336 e. The smallest absolute Gasteiger partial charge is 0.266 e. The lowest BCUT2D eigenvalue weighted by Crippen LogP contribution is -2.15. The Kier molecular flexibility index (Phi) is 4.75. The third kappa shape index (κ3) is 3.36. The highest BCUT2D eigenvalue weighted by atomic mass is 79.9. The van der Waals surface area contributed by atoms with E-state index in [2.05, 4.69) is 25.8 Å². The first-order valence-electron chi connectivity index (χ1n) is 6.75. The number of nitrogens with zero attached hydrogens (tertiary/aromatic N) is 1. The van der Waals surface area contributed by atoms with Crippen molar-refractivity contribution in [1.29, 1.82) is 0 Å². The molecule has 0 aliphatic rings. The van der Waals surface area contributed by atoms with E-state index in [1.165, 1.54) is 23.6 Å². The van der Waals surface area contributed by atoms with Crippen molar-refractivity contribution in [3.63, 3.8) is 0 Å². The number of rotatable bonds is 5. The summed E-state index contributed by atoms with van der Waals surface area (Å²) in [5.41, 5.74) is 0.458. The molecule has 132 valence electrons. The van der Waals surface area contributed by atoms with Gasteiger partial charge in [0.15, 0.2) is 0 Å². The maximum absolute atomic E-state index is 12.8. The molecule has 0 amide bonds. The van der Waals surface area contributed by atoms with Crippen LogP contribution in [0.1, 0.15) is 5.69 Å². The molecule has 7 nitrogen and oxygen atoms in total. The second-order valence-electron chi connectivity index (χ2n) is 4.91. The molecule has 0 saturated carbocycles. The summed E-state index contributed by atoms with van der Waals surface area (Å²) in [4.78, 5) is -0.326. The van der Waals surface area contributed by atoms with Gasteiger partial charge in [0, 0.05) is 0 Å². The highest BCUT2D eigenvalue weighted by Crippen LogP contribution is 2.34. The number of halogens is 1. The van der Waals surface area contributed by atoms with E-state index in [1.807, 2.05) is 0 Å². The number of aromatic nitrogens is 1. The van der Waals surface area contributed by atoms with Crippen LogP contribution in [-0.4, -0.2) is 22.0 Å². The zero-order valence-electron chi connectivity index (χ0n) is 12.6. The number of hydrogen-bond acceptors (Lipinski definition) is 7. The van der Waals surface area contributed by atoms with Gasteiger partial charge in [-0.3, -0.25) is 0 Å². The van der Waals surface area contributed by atoms with Gasteiger partial charge in [0.1, 0.15) is 13.6 Å². The van der Waals surface area contributed by atoms with Crippen molar-refractivity contribution in [2.45, 2.75) is 20.9 Å². The Labute approximate surface area is 156 Å². The molecule has 11 heteroatoms. The fourth-order valence-corrected chi connectivity index (χ4v) is 7.07. The molecule has 0 spiro atoms. The van der Waals surface area contributed by atoms with Crippen LogP contribution < -0.4 is 4.72 Å². The van der Waals surface area contributed by atoms with Crippen LogP contribution in [0.4, 0.5) is 5.88 Å². The zero-order chi connectivity index (χ0) is 18.2. The lowest BCUT2D eigenvalue weighted by atomic mass is 10.4. The number of anilines is 1. The highest BCUT2D eigenvalue weighted by molar-refractivity contribution is 9.10. The predicted octanol–water partition coefficient (Wildman–Crippen LogP) is 3.44. The van der Waals surface area contributed by atoms with Gasteiger partial charge in [-0.05, 0) is 46.4 Å². The number of thiophene rings is 1. The zero-order valence-corrected chi connectivity index (χ0v) is 16.7. The molecule has 0 unspecified atom stereocenters. The summed E-state index contributed by atoms with van der Waals surface area (Å²) in [5, 5.41) is 5.04. The van der Waals surface area contributed by atoms with Gasteiger partial charge < -0.3 is 4.52 Å². The van der Waals surface area contributed by atoms with Gasteiger partial charge in [-0.2, -0.15) is 0 Å². The van der Waals surface area contributed by atoms with E-state index in [4.69, 9.17) is 4.52 Å². The number of nitrogens with one attached hydrogen (secondary N) is 1. The molecule has 0 atom stereocenters. The van der Waals surface area contributed by atoms with Crippen LogP contribution in [0.5, 0.6) is 0 Å². The molecule has 0 bridgehead atoms. The fourth-order valence-electron chi connectivity index (χ4n) is 1.98. The Morgan fingerprint density at radius 2 is 1.80 bits per heavy atom. The van der Waals surface area contributed by atoms with Crippen LogP contribution in [0.2, 0.25) is 0 Å². The van der Waals surface area contributed by atoms with E-state index in [9.17, 15) is 16.8 Å². The van der Waals surface area contributed by atoms with E-state index in [0.717, 1.165) is 11.3 Å². The summed E-state index contributed by atoms with van der Waals surface area (Å²) in [6, 6.07) is 8.88. The summed E-state index contributed by atoms with van der Waals surface area (Å²) in [6.45, 7) is 1.63. The minimum absolute atomic E-state index is 0.0191. The molecule has 1 aromatic carbocycles. The molecule has 0 radical (unpaired) electrons. The molecule has 3 rings (SSSR count). The number of aryl methyl sites for hydroxylation is 1. The molecule has 25 heavy (non-hydrogen) atoms. The number of hydrogen-bond donors (Lipinski definition) is 1. The van der Waals surface area contributed by atoms with E-state index in [-0.39, 0.29) is 19.9 Å². The van der Waals surface area contributed by atoms with Crippen molar-refractivity contribution in [3.8, 4) is 0 Å². The summed E-state index contributed by atoms with van der Waals surface area (Å²) < 4.78 is 58.0. The van der Waals surface area contributed by atoms with Gasteiger partial charge in [0.2, 0.25) is 9.84 Å². The Balaban J connectivity index is 2.06. The Hall–Kier alpha value is -1.69. The average Bonchev–Trinajstić information content (AvgIpc) is 3.19. The SMILES string of the molecule is Cc1noc(NS(=O)(=O)c2ccsc2S(=O)(=O)c2ccccc2)c1Br. The third-order valence-corrected chi connectivity index (χ3v) is 9.02. The Morgan fingerprint density at radius 3 is 2.40 bits per heavy atom. The summed E-state index contributed by atoms with van der Waals surface area (Å²) in [7, 11) is -8.15. The maximum atomic E-state index is 12.8. The van der Waals surface area contributed by atoms with Crippen LogP contribution in [0.3, 0.4) is 0 Å². The van der Waals surface area contributed by atoms with Crippen molar-refractivity contribution in [2.75, 3.05) is 4.72 Å². The second kappa shape index (κ2) is 6.56. The minimum atomic E-state index is -4.18. The quantitative estimate of drug-likeness (QED) is 0.622. The first-order chi connectivity index (χ1) is 11.7. The maximum Gasteiger partial charge on any atom is 0.266 e. The number of benzene rings is 1. The average molecular weight is 463 g/mol. The third-order valence-electron chi connectivity index (χ3n) is 3.20. The van der Waals surface area contributed by atoms with Crippen molar-refractivity contribution < 1.29 is 21.4 Å². The lowest BCUT2D eigenvalue weighted by molar-refractivity contribution is 0.430. The fraction of sp³-hybridized carbons (Fsp3) is 0.0714. The number of sulfonamides is 1. The van der Waals surface area contributed by atoms with Crippen molar-refractivity contribution >= 4 is 53.0 Å². The normalized spacial score (nSPS) is 12.2. The monoisotopic (exact) mass is 462 g/mol. The molecular formula is C14H11BrN2O5S3. The molecule has 2 aromatic heterocycles. The topological polar surface area (TPSA) is 106 Å². The van der Waals surface area contributed by atoms with E-state index in [1.54, 1.807) is 25.1 Å². The minimum Gasteiger partial charge on any atom is -0.336 e. The van der Waals surface area contributed by atoms with Gasteiger partial charge in [0.05, 0.1) is 10.6 Å². The Morgan fingerprint density at radius 1 is 1.12 bits per heavy atom. The molecular weight excluding hydrogens is 452 g/mol. The molecule has 3 aromatic rings. The second-order valence-corrected chi connectivity index (χ2v) is 10.4. The summed E-state index contributed by atoms with van der Waals surface area (Å²) >= 11 is 4.00. The van der Waals surface area contributed by atoms with Gasteiger partial charge in [0.25, 0.3) is 15.9 Å². The first kappa shape index (κ1) is 18.1. The molecule has 0 aliphatic heterocycles.